The van der Waals surface area contributed by atoms with Gasteiger partial charge in [-0.25, -0.2) is 0 Å². The Labute approximate surface area is 141 Å². The summed E-state index contributed by atoms with van der Waals surface area (Å²) in [5.41, 5.74) is 2.06. The summed E-state index contributed by atoms with van der Waals surface area (Å²) < 4.78 is 15.6. The van der Waals surface area contributed by atoms with Crippen LogP contribution in [-0.2, 0) is 0 Å². The van der Waals surface area contributed by atoms with Crippen molar-refractivity contribution in [2.75, 3.05) is 26.6 Å². The van der Waals surface area contributed by atoms with Crippen LogP contribution in [0.15, 0.2) is 54.2 Å². The van der Waals surface area contributed by atoms with Crippen molar-refractivity contribution in [1.29, 1.82) is 0 Å². The predicted octanol–water partition coefficient (Wildman–Crippen LogP) is 3.91. The van der Waals surface area contributed by atoms with Crippen LogP contribution in [0.5, 0.6) is 17.2 Å². The van der Waals surface area contributed by atoms with E-state index in [1.54, 1.807) is 57.7 Å². The summed E-state index contributed by atoms with van der Waals surface area (Å²) in [6, 6.07) is 12.4. The second kappa shape index (κ2) is 8.06. The zero-order chi connectivity index (χ0) is 17.5. The fourth-order valence-electron chi connectivity index (χ4n) is 2.19. The molecular formula is C19H21NO4. The molecule has 0 unspecified atom stereocenters. The number of methoxy groups -OCH3 is 3. The summed E-state index contributed by atoms with van der Waals surface area (Å²) in [7, 11) is 4.77. The fraction of sp³-hybridized carbons (Fsp3) is 0.211. The van der Waals surface area contributed by atoms with Crippen LogP contribution in [0.4, 0.5) is 5.69 Å². The van der Waals surface area contributed by atoms with Crippen molar-refractivity contribution in [3.63, 3.8) is 0 Å². The van der Waals surface area contributed by atoms with E-state index in [0.717, 1.165) is 5.69 Å². The van der Waals surface area contributed by atoms with Gasteiger partial charge in [-0.3, -0.25) is 4.79 Å². The summed E-state index contributed by atoms with van der Waals surface area (Å²) >= 11 is 0. The Hall–Kier alpha value is -2.95. The van der Waals surface area contributed by atoms with Crippen LogP contribution < -0.4 is 19.5 Å². The highest BCUT2D eigenvalue weighted by atomic mass is 16.5. The maximum Gasteiger partial charge on any atom is 0.187 e. The number of carbonyl (C=O) groups excluding carboxylic acids is 1. The highest BCUT2D eigenvalue weighted by Crippen LogP contribution is 2.30. The normalized spacial score (nSPS) is 10.9. The second-order valence-electron chi connectivity index (χ2n) is 5.11. The van der Waals surface area contributed by atoms with Gasteiger partial charge in [0, 0.05) is 23.4 Å². The first-order valence-electron chi connectivity index (χ1n) is 7.43. The Kier molecular flexibility index (Phi) is 5.84. The monoisotopic (exact) mass is 327 g/mol. The van der Waals surface area contributed by atoms with Crippen LogP contribution in [0.25, 0.3) is 0 Å². The third-order valence-electron chi connectivity index (χ3n) is 3.46. The van der Waals surface area contributed by atoms with Crippen LogP contribution >= 0.6 is 0 Å². The lowest BCUT2D eigenvalue weighted by molar-refractivity contribution is 0.104. The van der Waals surface area contributed by atoms with Crippen molar-refractivity contribution in [2.45, 2.75) is 6.92 Å². The van der Waals surface area contributed by atoms with Crippen LogP contribution in [0, 0.1) is 0 Å². The lowest BCUT2D eigenvalue weighted by atomic mass is 10.1. The molecule has 24 heavy (non-hydrogen) atoms. The molecule has 0 aliphatic rings. The SMILES string of the molecule is COc1ccc(C(=O)C=C(C)Nc2ccc(OC)cc2OC)cc1. The van der Waals surface area contributed by atoms with E-state index >= 15 is 0 Å². The molecule has 5 nitrogen and oxygen atoms in total. The molecule has 0 saturated heterocycles. The van der Waals surface area contributed by atoms with Gasteiger partial charge in [0.15, 0.2) is 5.78 Å². The van der Waals surface area contributed by atoms with Crippen molar-refractivity contribution >= 4 is 11.5 Å². The maximum atomic E-state index is 12.3. The van der Waals surface area contributed by atoms with Crippen LogP contribution in [-0.4, -0.2) is 27.1 Å². The van der Waals surface area contributed by atoms with Crippen molar-refractivity contribution in [2.24, 2.45) is 0 Å². The lowest BCUT2D eigenvalue weighted by Crippen LogP contribution is -2.03. The summed E-state index contributed by atoms with van der Waals surface area (Å²) in [6.07, 6.45) is 1.55. The van der Waals surface area contributed by atoms with E-state index in [1.165, 1.54) is 0 Å². The Morgan fingerprint density at radius 1 is 0.917 bits per heavy atom. The molecule has 1 N–H and O–H groups in total. The summed E-state index contributed by atoms with van der Waals surface area (Å²) in [6.45, 7) is 1.82. The van der Waals surface area contributed by atoms with Gasteiger partial charge in [0.2, 0.25) is 0 Å². The summed E-state index contributed by atoms with van der Waals surface area (Å²) in [5.74, 6) is 1.97. The molecule has 0 spiro atoms. The highest BCUT2D eigenvalue weighted by Gasteiger charge is 2.07. The number of rotatable bonds is 7. The Bertz CT molecular complexity index is 736. The van der Waals surface area contributed by atoms with Crippen molar-refractivity contribution in [1.82, 2.24) is 0 Å². The molecule has 2 aromatic carbocycles. The minimum atomic E-state index is -0.0878. The van der Waals surface area contributed by atoms with Gasteiger partial charge >= 0.3 is 0 Å². The van der Waals surface area contributed by atoms with Crippen molar-refractivity contribution in [3.05, 3.63) is 59.8 Å². The molecule has 0 radical (unpaired) electrons. The van der Waals surface area contributed by atoms with E-state index in [0.29, 0.717) is 28.5 Å². The van der Waals surface area contributed by atoms with E-state index in [9.17, 15) is 4.79 Å². The number of carbonyl (C=O) groups is 1. The molecule has 126 valence electrons. The highest BCUT2D eigenvalue weighted by molar-refractivity contribution is 6.05. The first-order chi connectivity index (χ1) is 11.6. The molecule has 0 amide bonds. The number of anilines is 1. The zero-order valence-electron chi connectivity index (χ0n) is 14.3. The van der Waals surface area contributed by atoms with Gasteiger partial charge < -0.3 is 19.5 Å². The molecule has 5 heteroatoms. The fourth-order valence-corrected chi connectivity index (χ4v) is 2.19. The van der Waals surface area contributed by atoms with Gasteiger partial charge in [0.05, 0.1) is 27.0 Å². The van der Waals surface area contributed by atoms with E-state index in [-0.39, 0.29) is 5.78 Å². The van der Waals surface area contributed by atoms with Gasteiger partial charge in [-0.1, -0.05) is 0 Å². The Morgan fingerprint density at radius 3 is 2.12 bits per heavy atom. The first kappa shape index (κ1) is 17.4. The Balaban J connectivity index is 2.14. The van der Waals surface area contributed by atoms with Gasteiger partial charge in [-0.15, -0.1) is 0 Å². The zero-order valence-corrected chi connectivity index (χ0v) is 14.3. The van der Waals surface area contributed by atoms with Crippen LogP contribution in [0.3, 0.4) is 0 Å². The number of hydrogen-bond donors (Lipinski definition) is 1. The molecule has 0 aliphatic heterocycles. The largest absolute Gasteiger partial charge is 0.497 e. The topological polar surface area (TPSA) is 56.8 Å². The van der Waals surface area contributed by atoms with Gasteiger partial charge in [0.1, 0.15) is 17.2 Å². The molecule has 0 heterocycles. The number of ether oxygens (including phenoxy) is 3. The molecule has 0 saturated carbocycles. The minimum Gasteiger partial charge on any atom is -0.497 e. The van der Waals surface area contributed by atoms with Gasteiger partial charge in [0.25, 0.3) is 0 Å². The Morgan fingerprint density at radius 2 is 1.54 bits per heavy atom. The number of ketones is 1. The maximum absolute atomic E-state index is 12.3. The smallest absolute Gasteiger partial charge is 0.187 e. The molecule has 0 aromatic heterocycles. The molecule has 0 atom stereocenters. The van der Waals surface area contributed by atoms with Crippen LogP contribution in [0.1, 0.15) is 17.3 Å². The average molecular weight is 327 g/mol. The molecule has 2 rings (SSSR count). The number of hydrogen-bond acceptors (Lipinski definition) is 5. The van der Waals surface area contributed by atoms with Crippen molar-refractivity contribution < 1.29 is 19.0 Å². The predicted molar refractivity (Wildman–Crippen MR) is 94.3 cm³/mol. The molecule has 2 aromatic rings. The van der Waals surface area contributed by atoms with Gasteiger partial charge in [-0.2, -0.15) is 0 Å². The third kappa shape index (κ3) is 4.29. The van der Waals surface area contributed by atoms with Gasteiger partial charge in [-0.05, 0) is 43.3 Å². The summed E-state index contributed by atoms with van der Waals surface area (Å²) in [5, 5.41) is 3.17. The number of allylic oxidation sites excluding steroid dienone is 2. The molecule has 0 fully saturated rings. The second-order valence-corrected chi connectivity index (χ2v) is 5.11. The quantitative estimate of drug-likeness (QED) is 0.617. The molecule has 0 bridgehead atoms. The van der Waals surface area contributed by atoms with E-state index in [1.807, 2.05) is 19.1 Å². The minimum absolute atomic E-state index is 0.0878. The average Bonchev–Trinajstić information content (AvgIpc) is 2.61. The number of benzene rings is 2. The lowest BCUT2D eigenvalue weighted by Gasteiger charge is -2.12. The molecular weight excluding hydrogens is 306 g/mol. The molecule has 0 aliphatic carbocycles. The summed E-state index contributed by atoms with van der Waals surface area (Å²) in [4.78, 5) is 12.3. The standard InChI is InChI=1S/C19H21NO4/c1-13(11-18(21)14-5-7-15(22-2)8-6-14)20-17-10-9-16(23-3)12-19(17)24-4/h5-12,20H,1-4H3. The van der Waals surface area contributed by atoms with E-state index in [4.69, 9.17) is 14.2 Å². The first-order valence-corrected chi connectivity index (χ1v) is 7.43. The van der Waals surface area contributed by atoms with E-state index in [2.05, 4.69) is 5.32 Å². The van der Waals surface area contributed by atoms with E-state index < -0.39 is 0 Å². The third-order valence-corrected chi connectivity index (χ3v) is 3.46. The van der Waals surface area contributed by atoms with Crippen molar-refractivity contribution in [3.8, 4) is 17.2 Å². The van der Waals surface area contributed by atoms with Crippen LogP contribution in [0.2, 0.25) is 0 Å². The number of nitrogens with one attached hydrogen (secondary N) is 1.